The van der Waals surface area contributed by atoms with Crippen LogP contribution in [-0.2, 0) is 14.3 Å². The zero-order valence-electron chi connectivity index (χ0n) is 14.4. The van der Waals surface area contributed by atoms with Gasteiger partial charge in [-0.15, -0.1) is 0 Å². The Bertz CT molecular complexity index is 812. The highest BCUT2D eigenvalue weighted by Crippen LogP contribution is 2.30. The van der Waals surface area contributed by atoms with Crippen molar-refractivity contribution < 1.29 is 28.5 Å². The summed E-state index contributed by atoms with van der Waals surface area (Å²) in [5.41, 5.74) is 0. The predicted molar refractivity (Wildman–Crippen MR) is 97.3 cm³/mol. The van der Waals surface area contributed by atoms with E-state index in [2.05, 4.69) is 5.32 Å². The van der Waals surface area contributed by atoms with Crippen LogP contribution in [0.3, 0.4) is 0 Å². The molecule has 0 bridgehead atoms. The van der Waals surface area contributed by atoms with E-state index >= 15 is 0 Å². The molecular weight excluding hydrogens is 374 g/mol. The van der Waals surface area contributed by atoms with E-state index < -0.39 is 18.5 Å². The van der Waals surface area contributed by atoms with Crippen molar-refractivity contribution in [2.75, 3.05) is 26.4 Å². The SMILES string of the molecule is O=C(COC(=O)COc1cccc(Cl)c1)NC[C@H]1COc2ccccc2O1. The summed E-state index contributed by atoms with van der Waals surface area (Å²) in [6, 6.07) is 13.9. The van der Waals surface area contributed by atoms with Gasteiger partial charge in [0.15, 0.2) is 24.7 Å². The Labute approximate surface area is 161 Å². The molecule has 3 rings (SSSR count). The Balaban J connectivity index is 1.33. The number of benzene rings is 2. The van der Waals surface area contributed by atoms with Crippen molar-refractivity contribution in [3.63, 3.8) is 0 Å². The molecule has 142 valence electrons. The summed E-state index contributed by atoms with van der Waals surface area (Å²) in [6.45, 7) is -0.153. The topological polar surface area (TPSA) is 83.1 Å². The van der Waals surface area contributed by atoms with Crippen LogP contribution in [0.4, 0.5) is 0 Å². The fourth-order valence-electron chi connectivity index (χ4n) is 2.33. The van der Waals surface area contributed by atoms with E-state index in [9.17, 15) is 9.59 Å². The number of ether oxygens (including phenoxy) is 4. The first-order valence-electron chi connectivity index (χ1n) is 8.29. The highest BCUT2D eigenvalue weighted by atomic mass is 35.5. The van der Waals surface area contributed by atoms with Gasteiger partial charge in [0.05, 0.1) is 6.54 Å². The van der Waals surface area contributed by atoms with E-state index in [1.807, 2.05) is 18.2 Å². The van der Waals surface area contributed by atoms with Crippen molar-refractivity contribution in [3.8, 4) is 17.2 Å². The number of nitrogens with one attached hydrogen (secondary N) is 1. The summed E-state index contributed by atoms with van der Waals surface area (Å²) in [5, 5.41) is 3.14. The number of para-hydroxylation sites is 2. The molecule has 2 aromatic rings. The van der Waals surface area contributed by atoms with Crippen LogP contribution >= 0.6 is 11.6 Å². The van der Waals surface area contributed by atoms with Gasteiger partial charge in [-0.05, 0) is 30.3 Å². The fourth-order valence-corrected chi connectivity index (χ4v) is 2.51. The zero-order chi connectivity index (χ0) is 19.1. The molecule has 1 N–H and O–H groups in total. The minimum Gasteiger partial charge on any atom is -0.486 e. The highest BCUT2D eigenvalue weighted by Gasteiger charge is 2.21. The summed E-state index contributed by atoms with van der Waals surface area (Å²) in [6.07, 6.45) is -0.314. The van der Waals surface area contributed by atoms with Gasteiger partial charge < -0.3 is 24.3 Å². The highest BCUT2D eigenvalue weighted by molar-refractivity contribution is 6.30. The van der Waals surface area contributed by atoms with Gasteiger partial charge >= 0.3 is 5.97 Å². The molecule has 0 aliphatic carbocycles. The first-order valence-corrected chi connectivity index (χ1v) is 8.67. The minimum atomic E-state index is -0.656. The summed E-state index contributed by atoms with van der Waals surface area (Å²) < 4.78 is 21.4. The van der Waals surface area contributed by atoms with Crippen LogP contribution in [0.2, 0.25) is 5.02 Å². The average molecular weight is 392 g/mol. The van der Waals surface area contributed by atoms with Crippen LogP contribution in [0.25, 0.3) is 0 Å². The Morgan fingerprint density at radius 2 is 1.93 bits per heavy atom. The van der Waals surface area contributed by atoms with Crippen molar-refractivity contribution >= 4 is 23.5 Å². The van der Waals surface area contributed by atoms with Crippen LogP contribution in [-0.4, -0.2) is 44.3 Å². The molecule has 0 aromatic heterocycles. The summed E-state index contributed by atoms with van der Waals surface area (Å²) in [4.78, 5) is 23.5. The number of hydrogen-bond acceptors (Lipinski definition) is 6. The second kappa shape index (κ2) is 9.14. The summed E-state index contributed by atoms with van der Waals surface area (Å²) in [5.74, 6) is 0.657. The lowest BCUT2D eigenvalue weighted by Crippen LogP contribution is -2.42. The Morgan fingerprint density at radius 1 is 1.11 bits per heavy atom. The Hall–Kier alpha value is -2.93. The molecule has 0 fully saturated rings. The van der Waals surface area contributed by atoms with Crippen LogP contribution < -0.4 is 19.5 Å². The van der Waals surface area contributed by atoms with Gasteiger partial charge in [0.2, 0.25) is 0 Å². The molecule has 0 saturated carbocycles. The van der Waals surface area contributed by atoms with Gasteiger partial charge in [-0.1, -0.05) is 29.8 Å². The van der Waals surface area contributed by atoms with Crippen molar-refractivity contribution in [1.82, 2.24) is 5.32 Å². The molecule has 0 radical (unpaired) electrons. The Morgan fingerprint density at radius 3 is 2.74 bits per heavy atom. The number of carbonyl (C=O) groups is 2. The van der Waals surface area contributed by atoms with Gasteiger partial charge in [-0.2, -0.15) is 0 Å². The minimum absolute atomic E-state index is 0.240. The van der Waals surface area contributed by atoms with Crippen LogP contribution in [0.1, 0.15) is 0 Å². The molecule has 2 aromatic carbocycles. The maximum Gasteiger partial charge on any atom is 0.344 e. The molecule has 1 heterocycles. The van der Waals surface area contributed by atoms with E-state index in [0.29, 0.717) is 28.9 Å². The third-order valence-corrected chi connectivity index (χ3v) is 3.85. The molecule has 0 spiro atoms. The largest absolute Gasteiger partial charge is 0.486 e. The van der Waals surface area contributed by atoms with Crippen molar-refractivity contribution in [1.29, 1.82) is 0 Å². The molecule has 7 nitrogen and oxygen atoms in total. The van der Waals surface area contributed by atoms with E-state index in [1.54, 1.807) is 30.3 Å². The quantitative estimate of drug-likeness (QED) is 0.729. The lowest BCUT2D eigenvalue weighted by atomic mass is 10.2. The second-order valence-electron chi connectivity index (χ2n) is 5.71. The standard InChI is InChI=1S/C19H18ClNO6/c20-13-4-3-5-14(8-13)24-12-19(23)26-11-18(22)21-9-15-10-25-16-6-1-2-7-17(16)27-15/h1-8,15H,9-12H2,(H,21,22)/t15-/m0/s1. The van der Waals surface area contributed by atoms with Crippen molar-refractivity contribution in [3.05, 3.63) is 53.6 Å². The normalized spacial score (nSPS) is 14.9. The maximum atomic E-state index is 11.8. The monoisotopic (exact) mass is 391 g/mol. The lowest BCUT2D eigenvalue weighted by Gasteiger charge is -2.26. The zero-order valence-corrected chi connectivity index (χ0v) is 15.1. The molecule has 1 atom stereocenters. The second-order valence-corrected chi connectivity index (χ2v) is 6.14. The van der Waals surface area contributed by atoms with Gasteiger partial charge in [0.1, 0.15) is 18.5 Å². The number of halogens is 1. The van der Waals surface area contributed by atoms with E-state index in [1.165, 1.54) is 0 Å². The van der Waals surface area contributed by atoms with E-state index in [0.717, 1.165) is 0 Å². The van der Waals surface area contributed by atoms with E-state index in [-0.39, 0.29) is 19.3 Å². The first kappa shape index (κ1) is 18.8. The summed E-state index contributed by atoms with van der Waals surface area (Å²) >= 11 is 5.82. The lowest BCUT2D eigenvalue weighted by molar-refractivity contribution is -0.150. The van der Waals surface area contributed by atoms with E-state index in [4.69, 9.17) is 30.5 Å². The van der Waals surface area contributed by atoms with Gasteiger partial charge in [0.25, 0.3) is 5.91 Å². The third-order valence-electron chi connectivity index (χ3n) is 3.61. The molecule has 0 unspecified atom stereocenters. The van der Waals surface area contributed by atoms with Crippen molar-refractivity contribution in [2.45, 2.75) is 6.10 Å². The molecular formula is C19H18ClNO6. The Kier molecular flexibility index (Phi) is 6.38. The number of rotatable bonds is 7. The average Bonchev–Trinajstić information content (AvgIpc) is 2.69. The number of fused-ring (bicyclic) bond motifs is 1. The maximum absolute atomic E-state index is 11.8. The smallest absolute Gasteiger partial charge is 0.344 e. The molecule has 1 aliphatic heterocycles. The number of esters is 1. The summed E-state index contributed by atoms with van der Waals surface area (Å²) in [7, 11) is 0. The first-order chi connectivity index (χ1) is 13.1. The fraction of sp³-hybridized carbons (Fsp3) is 0.263. The van der Waals surface area contributed by atoms with Crippen LogP contribution in [0.15, 0.2) is 48.5 Å². The number of hydrogen-bond donors (Lipinski definition) is 1. The third kappa shape index (κ3) is 5.79. The molecule has 8 heteroatoms. The molecule has 1 aliphatic rings. The molecule has 27 heavy (non-hydrogen) atoms. The van der Waals surface area contributed by atoms with Crippen LogP contribution in [0.5, 0.6) is 17.2 Å². The van der Waals surface area contributed by atoms with Gasteiger partial charge in [0, 0.05) is 5.02 Å². The van der Waals surface area contributed by atoms with Crippen LogP contribution in [0, 0.1) is 0 Å². The number of amides is 1. The van der Waals surface area contributed by atoms with Gasteiger partial charge in [-0.3, -0.25) is 4.79 Å². The van der Waals surface area contributed by atoms with Crippen molar-refractivity contribution in [2.24, 2.45) is 0 Å². The van der Waals surface area contributed by atoms with Gasteiger partial charge in [-0.25, -0.2) is 4.79 Å². The predicted octanol–water partition coefficient (Wildman–Crippen LogP) is 2.22. The molecule has 0 saturated heterocycles. The molecule has 1 amide bonds. The number of carbonyl (C=O) groups excluding carboxylic acids is 2.